The number of H-pyrrole nitrogens is 1. The Morgan fingerprint density at radius 2 is 2.05 bits per heavy atom. The van der Waals surface area contributed by atoms with Crippen LogP contribution in [0, 0.1) is 0 Å². The van der Waals surface area contributed by atoms with Crippen molar-refractivity contribution in [3.05, 3.63) is 27.9 Å². The van der Waals surface area contributed by atoms with Crippen LogP contribution in [0.2, 0.25) is 0 Å². The van der Waals surface area contributed by atoms with E-state index in [9.17, 15) is 9.59 Å². The lowest BCUT2D eigenvalue weighted by Gasteiger charge is -2.24. The topological polar surface area (TPSA) is 62.4 Å². The number of carbonyl (C=O) groups excluding carboxylic acids is 1. The van der Waals surface area contributed by atoms with Gasteiger partial charge in [0.05, 0.1) is 10.2 Å². The Hall–Kier alpha value is -1.82. The number of amides is 1. The second-order valence-corrected chi connectivity index (χ2v) is 6.25. The molecule has 1 aromatic carbocycles. The second-order valence-electron chi connectivity index (χ2n) is 5.23. The minimum absolute atomic E-state index is 0.105. The molecule has 2 aromatic rings. The van der Waals surface area contributed by atoms with Gasteiger partial charge in [-0.15, -0.1) is 0 Å². The Bertz CT molecular complexity index is 666. The van der Waals surface area contributed by atoms with Crippen LogP contribution in [0.1, 0.15) is 20.8 Å². The molecule has 0 fully saturated rings. The van der Waals surface area contributed by atoms with Crippen molar-refractivity contribution in [3.8, 4) is 0 Å². The van der Waals surface area contributed by atoms with Gasteiger partial charge in [0.25, 0.3) is 0 Å². The molecule has 5 nitrogen and oxygen atoms in total. The Morgan fingerprint density at radius 1 is 1.37 bits per heavy atom. The van der Waals surface area contributed by atoms with E-state index in [1.54, 1.807) is 19.2 Å². The first-order valence-corrected chi connectivity index (χ1v) is 6.67. The van der Waals surface area contributed by atoms with Gasteiger partial charge in [-0.25, -0.2) is 4.79 Å². The number of nitrogens with one attached hydrogen (secondary N) is 1. The molecule has 0 saturated carbocycles. The lowest BCUT2D eigenvalue weighted by atomic mass is 10.2. The quantitative estimate of drug-likeness (QED) is 0.873. The molecule has 0 unspecified atom stereocenters. The molecule has 0 atom stereocenters. The lowest BCUT2D eigenvalue weighted by molar-refractivity contribution is 0.0589. The summed E-state index contributed by atoms with van der Waals surface area (Å²) in [5.74, 6) is 0. The maximum Gasteiger partial charge on any atom is 0.414 e. The molecule has 6 heteroatoms. The molecular formula is C13H16N2O3S. The van der Waals surface area contributed by atoms with Crippen molar-refractivity contribution in [1.29, 1.82) is 0 Å². The van der Waals surface area contributed by atoms with Gasteiger partial charge in [-0.3, -0.25) is 9.69 Å². The fourth-order valence-corrected chi connectivity index (χ4v) is 2.30. The molecule has 1 N–H and O–H groups in total. The SMILES string of the molecule is CN(C(=O)OC(C)(C)C)c1ccc2sc(=O)[nH]c2c1. The van der Waals surface area contributed by atoms with Crippen molar-refractivity contribution in [2.24, 2.45) is 0 Å². The molecule has 0 saturated heterocycles. The van der Waals surface area contributed by atoms with Gasteiger partial charge in [0.15, 0.2) is 0 Å². The van der Waals surface area contributed by atoms with Crippen LogP contribution in [0.3, 0.4) is 0 Å². The van der Waals surface area contributed by atoms with Crippen molar-refractivity contribution in [2.45, 2.75) is 26.4 Å². The van der Waals surface area contributed by atoms with Crippen LogP contribution in [0.5, 0.6) is 0 Å². The first-order valence-electron chi connectivity index (χ1n) is 5.86. The molecule has 2 rings (SSSR count). The number of thiazole rings is 1. The van der Waals surface area contributed by atoms with E-state index in [1.807, 2.05) is 26.8 Å². The number of carbonyl (C=O) groups is 1. The highest BCUT2D eigenvalue weighted by Gasteiger charge is 2.20. The van der Waals surface area contributed by atoms with E-state index in [4.69, 9.17) is 4.74 Å². The Morgan fingerprint density at radius 3 is 2.68 bits per heavy atom. The zero-order valence-electron chi connectivity index (χ0n) is 11.3. The van der Waals surface area contributed by atoms with Crippen LogP contribution < -0.4 is 9.77 Å². The highest BCUT2D eigenvalue weighted by atomic mass is 32.1. The molecule has 0 radical (unpaired) electrons. The number of hydrogen-bond acceptors (Lipinski definition) is 4. The summed E-state index contributed by atoms with van der Waals surface area (Å²) in [4.78, 5) is 27.2. The lowest BCUT2D eigenvalue weighted by Crippen LogP contribution is -2.34. The molecule has 0 bridgehead atoms. The smallest absolute Gasteiger partial charge is 0.414 e. The second kappa shape index (κ2) is 4.70. The van der Waals surface area contributed by atoms with Gasteiger partial charge in [-0.2, -0.15) is 0 Å². The van der Waals surface area contributed by atoms with Crippen molar-refractivity contribution < 1.29 is 9.53 Å². The first kappa shape index (κ1) is 13.6. The van der Waals surface area contributed by atoms with E-state index < -0.39 is 11.7 Å². The number of nitrogens with zero attached hydrogens (tertiary/aromatic N) is 1. The Kier molecular flexibility index (Phi) is 3.36. The van der Waals surface area contributed by atoms with Crippen LogP contribution in [0.4, 0.5) is 10.5 Å². The van der Waals surface area contributed by atoms with Gasteiger partial charge in [0, 0.05) is 12.7 Å². The number of aromatic nitrogens is 1. The summed E-state index contributed by atoms with van der Waals surface area (Å²) in [5, 5.41) is 0. The summed E-state index contributed by atoms with van der Waals surface area (Å²) in [6.45, 7) is 5.45. The summed E-state index contributed by atoms with van der Waals surface area (Å²) < 4.78 is 6.16. The molecule has 0 aliphatic heterocycles. The fraction of sp³-hybridized carbons (Fsp3) is 0.385. The highest BCUT2D eigenvalue weighted by molar-refractivity contribution is 7.16. The summed E-state index contributed by atoms with van der Waals surface area (Å²) in [7, 11) is 1.64. The number of benzene rings is 1. The van der Waals surface area contributed by atoms with Gasteiger partial charge in [0.2, 0.25) is 0 Å². The average Bonchev–Trinajstić information content (AvgIpc) is 2.64. The van der Waals surface area contributed by atoms with E-state index in [0.717, 1.165) is 21.6 Å². The zero-order chi connectivity index (χ0) is 14.2. The van der Waals surface area contributed by atoms with Crippen molar-refractivity contribution in [2.75, 3.05) is 11.9 Å². The minimum Gasteiger partial charge on any atom is -0.443 e. The molecule has 1 aromatic heterocycles. The summed E-state index contributed by atoms with van der Waals surface area (Å²) >= 11 is 1.15. The van der Waals surface area contributed by atoms with Crippen LogP contribution in [-0.2, 0) is 4.74 Å². The predicted octanol–water partition coefficient (Wildman–Crippen LogP) is 2.96. The van der Waals surface area contributed by atoms with Gasteiger partial charge < -0.3 is 9.72 Å². The maximum absolute atomic E-state index is 11.9. The maximum atomic E-state index is 11.9. The van der Waals surface area contributed by atoms with E-state index in [2.05, 4.69) is 4.98 Å². The largest absolute Gasteiger partial charge is 0.443 e. The van der Waals surface area contributed by atoms with Crippen molar-refractivity contribution >= 4 is 33.3 Å². The highest BCUT2D eigenvalue weighted by Crippen LogP contribution is 2.22. The monoisotopic (exact) mass is 280 g/mol. The third-order valence-electron chi connectivity index (χ3n) is 2.46. The Balaban J connectivity index is 2.28. The summed E-state index contributed by atoms with van der Waals surface area (Å²) in [5.41, 5.74) is 0.866. The van der Waals surface area contributed by atoms with Crippen LogP contribution in [0.15, 0.2) is 23.0 Å². The number of hydrogen-bond donors (Lipinski definition) is 1. The van der Waals surface area contributed by atoms with Crippen LogP contribution >= 0.6 is 11.3 Å². The number of anilines is 1. The third kappa shape index (κ3) is 3.14. The number of fused-ring (bicyclic) bond motifs is 1. The first-order chi connectivity index (χ1) is 8.76. The zero-order valence-corrected chi connectivity index (χ0v) is 12.1. The fourth-order valence-electron chi connectivity index (χ4n) is 1.58. The van der Waals surface area contributed by atoms with Crippen molar-refractivity contribution in [1.82, 2.24) is 4.98 Å². The molecule has 102 valence electrons. The van der Waals surface area contributed by atoms with E-state index in [-0.39, 0.29) is 4.87 Å². The minimum atomic E-state index is -0.536. The van der Waals surface area contributed by atoms with Gasteiger partial charge in [-0.1, -0.05) is 11.3 Å². The molecule has 1 heterocycles. The van der Waals surface area contributed by atoms with Gasteiger partial charge in [-0.05, 0) is 39.0 Å². The summed E-state index contributed by atoms with van der Waals surface area (Å²) in [6.07, 6.45) is -0.426. The normalized spacial score (nSPS) is 11.6. The number of rotatable bonds is 1. The van der Waals surface area contributed by atoms with E-state index >= 15 is 0 Å². The Labute approximate surface area is 114 Å². The summed E-state index contributed by atoms with van der Waals surface area (Å²) in [6, 6.07) is 5.36. The average molecular weight is 280 g/mol. The van der Waals surface area contributed by atoms with E-state index in [0.29, 0.717) is 5.69 Å². The number of aromatic amines is 1. The third-order valence-corrected chi connectivity index (χ3v) is 3.32. The standard InChI is InChI=1S/C13H16N2O3S/c1-13(2,3)18-12(17)15(4)8-5-6-10-9(7-8)14-11(16)19-10/h5-7H,1-4H3,(H,14,16). The van der Waals surface area contributed by atoms with Gasteiger partial charge >= 0.3 is 11.0 Å². The number of ether oxygens (including phenoxy) is 1. The van der Waals surface area contributed by atoms with Crippen LogP contribution in [0.25, 0.3) is 10.2 Å². The molecule has 0 spiro atoms. The van der Waals surface area contributed by atoms with Crippen molar-refractivity contribution in [3.63, 3.8) is 0 Å². The molecule has 0 aliphatic carbocycles. The van der Waals surface area contributed by atoms with Gasteiger partial charge in [0.1, 0.15) is 5.60 Å². The predicted molar refractivity (Wildman–Crippen MR) is 77.1 cm³/mol. The molecular weight excluding hydrogens is 264 g/mol. The molecule has 0 aliphatic rings. The molecule has 19 heavy (non-hydrogen) atoms. The van der Waals surface area contributed by atoms with Crippen LogP contribution in [-0.4, -0.2) is 23.7 Å². The molecule has 1 amide bonds. The van der Waals surface area contributed by atoms with E-state index in [1.165, 1.54) is 4.90 Å².